The second-order valence-electron chi connectivity index (χ2n) is 29.8. The van der Waals surface area contributed by atoms with Crippen molar-refractivity contribution in [2.24, 2.45) is 7.05 Å². The van der Waals surface area contributed by atoms with Gasteiger partial charge in [-0.05, 0) is 197 Å². The standard InChI is InChI=1S/C109H71N7S/c1-116-101-94(78-47-28-49-80(55-78)104-110-106(90-61-82(70-31-10-2-11-32-70)57-83(62-90)71-33-12-3-13-34-71)114-107(111-104)91-63-84(72-35-14-4-15-36-72)58-85(64-91)73-37-16-5-17-38-73)52-30-53-96(101)100-102(116)97(69-98-95-51-26-27-54-99(95)117-103(98)100)79-48-29-50-81(56-79)105-112-108(92-65-86(74-39-18-6-19-40-74)59-87(66-92)75-41-20-7-21-42-75)115-109(113-105)93-67-88(76-43-22-8-23-44-76)60-89(68-93)77-45-24-9-25-46-77/h2-69H,1H3. The van der Waals surface area contributed by atoms with Gasteiger partial charge in [-0.1, -0.05) is 315 Å². The number of nitrogens with zero attached hydrogens (tertiary/aromatic N) is 7. The summed E-state index contributed by atoms with van der Waals surface area (Å²) in [6, 6.07) is 147. The first-order chi connectivity index (χ1) is 57.8. The predicted octanol–water partition coefficient (Wildman–Crippen LogP) is 28.7. The van der Waals surface area contributed by atoms with Crippen LogP contribution in [0.3, 0.4) is 0 Å². The zero-order valence-electron chi connectivity index (χ0n) is 63.8. The lowest BCUT2D eigenvalue weighted by molar-refractivity contribution is 1.02. The van der Waals surface area contributed by atoms with Crippen LogP contribution in [0.1, 0.15) is 0 Å². The van der Waals surface area contributed by atoms with Crippen LogP contribution in [-0.2, 0) is 7.05 Å². The van der Waals surface area contributed by atoms with Gasteiger partial charge in [0.1, 0.15) is 0 Å². The number of fused-ring (bicyclic) bond motifs is 7. The maximum atomic E-state index is 5.60. The van der Waals surface area contributed by atoms with Gasteiger partial charge in [-0.3, -0.25) is 0 Å². The van der Waals surface area contributed by atoms with E-state index in [1.807, 2.05) is 11.3 Å². The van der Waals surface area contributed by atoms with Gasteiger partial charge >= 0.3 is 0 Å². The van der Waals surface area contributed by atoms with Crippen molar-refractivity contribution < 1.29 is 0 Å². The summed E-state index contributed by atoms with van der Waals surface area (Å²) in [5, 5.41) is 4.76. The van der Waals surface area contributed by atoms with Gasteiger partial charge in [-0.25, -0.2) is 29.9 Å². The quantitative estimate of drug-likeness (QED) is 0.0959. The molecule has 0 aliphatic rings. The number of hydrogen-bond donors (Lipinski definition) is 0. The van der Waals surface area contributed by atoms with Crippen LogP contribution in [0.5, 0.6) is 0 Å². The van der Waals surface area contributed by atoms with Gasteiger partial charge in [0.25, 0.3) is 0 Å². The normalized spacial score (nSPS) is 11.5. The van der Waals surface area contributed by atoms with Crippen LogP contribution in [-0.4, -0.2) is 34.5 Å². The molecule has 4 heterocycles. The SMILES string of the molecule is Cn1c2c(-c3cccc(-c4nc(-c5cc(-c6ccccc6)cc(-c6ccccc6)c5)nc(-c5cc(-c6ccccc6)cc(-c6ccccc6)c5)n4)c3)cccc2c2c3sc4ccccc4c3cc(-c3cccc(-c4nc(-c5cc(-c6ccccc6)cc(-c6ccccc6)c5)nc(-c5cc(-c6ccccc6)cc(-c6ccccc6)c5)n4)c3)c21. The molecule has 0 saturated carbocycles. The minimum Gasteiger partial charge on any atom is -0.343 e. The van der Waals surface area contributed by atoms with Crippen LogP contribution in [0.4, 0.5) is 0 Å². The average Bonchev–Trinajstić information content (AvgIpc) is 1.53. The molecule has 21 aromatic rings. The summed E-state index contributed by atoms with van der Waals surface area (Å²) in [6.07, 6.45) is 0. The van der Waals surface area contributed by atoms with Crippen molar-refractivity contribution >= 4 is 53.3 Å². The number of rotatable bonds is 16. The van der Waals surface area contributed by atoms with E-state index in [4.69, 9.17) is 29.9 Å². The molecule has 0 aliphatic carbocycles. The highest BCUT2D eigenvalue weighted by molar-refractivity contribution is 7.26. The summed E-state index contributed by atoms with van der Waals surface area (Å²) >= 11 is 1.86. The molecule has 117 heavy (non-hydrogen) atoms. The molecule has 0 unspecified atom stereocenters. The van der Waals surface area contributed by atoms with Crippen molar-refractivity contribution in [1.29, 1.82) is 0 Å². The molecule has 0 amide bonds. The second kappa shape index (κ2) is 30.0. The third kappa shape index (κ3) is 13.5. The molecule has 0 radical (unpaired) electrons. The van der Waals surface area contributed by atoms with E-state index in [0.29, 0.717) is 34.9 Å². The Kier molecular flexibility index (Phi) is 17.9. The Morgan fingerprint density at radius 1 is 0.179 bits per heavy atom. The molecule has 0 aliphatic heterocycles. The lowest BCUT2D eigenvalue weighted by atomic mass is 9.95. The molecule has 0 saturated heterocycles. The highest BCUT2D eigenvalue weighted by Crippen LogP contribution is 2.49. The van der Waals surface area contributed by atoms with E-state index in [1.54, 1.807) is 0 Å². The Labute approximate surface area is 682 Å². The van der Waals surface area contributed by atoms with Crippen LogP contribution in [0.25, 0.3) is 222 Å². The number of aryl methyl sites for hydroxylation is 1. The second-order valence-corrected chi connectivity index (χ2v) is 30.8. The molecule has 548 valence electrons. The van der Waals surface area contributed by atoms with Gasteiger partial charge in [0.15, 0.2) is 34.9 Å². The Morgan fingerprint density at radius 2 is 0.419 bits per heavy atom. The smallest absolute Gasteiger partial charge is 0.164 e. The summed E-state index contributed by atoms with van der Waals surface area (Å²) in [6.45, 7) is 0. The minimum absolute atomic E-state index is 0.555. The molecule has 7 nitrogen and oxygen atoms in total. The van der Waals surface area contributed by atoms with Gasteiger partial charge in [0.2, 0.25) is 0 Å². The fourth-order valence-electron chi connectivity index (χ4n) is 16.7. The molecule has 4 aromatic heterocycles. The van der Waals surface area contributed by atoms with E-state index in [2.05, 4.69) is 424 Å². The van der Waals surface area contributed by atoms with Crippen molar-refractivity contribution in [2.45, 2.75) is 0 Å². The largest absolute Gasteiger partial charge is 0.343 e. The molecule has 0 atom stereocenters. The molecule has 0 spiro atoms. The van der Waals surface area contributed by atoms with Gasteiger partial charge in [-0.15, -0.1) is 11.3 Å². The molecular weight excluding hydrogens is 1440 g/mol. The fraction of sp³-hybridized carbons (Fsp3) is 0.00917. The summed E-state index contributed by atoms with van der Waals surface area (Å²) in [5.41, 5.74) is 28.9. The van der Waals surface area contributed by atoms with E-state index in [0.717, 1.165) is 161 Å². The van der Waals surface area contributed by atoms with Crippen molar-refractivity contribution in [2.75, 3.05) is 0 Å². The minimum atomic E-state index is 0.555. The Hall–Kier alpha value is -15.2. The van der Waals surface area contributed by atoms with Crippen LogP contribution >= 0.6 is 11.3 Å². The van der Waals surface area contributed by atoms with Gasteiger partial charge in [0.05, 0.1) is 11.0 Å². The van der Waals surface area contributed by atoms with Crippen LogP contribution < -0.4 is 0 Å². The van der Waals surface area contributed by atoms with Gasteiger partial charge in [-0.2, -0.15) is 0 Å². The molecule has 21 rings (SSSR count). The summed E-state index contributed by atoms with van der Waals surface area (Å²) in [7, 11) is 2.24. The number of hydrogen-bond acceptors (Lipinski definition) is 7. The maximum Gasteiger partial charge on any atom is 0.164 e. The topological polar surface area (TPSA) is 82.3 Å². The Bertz CT molecular complexity index is 6820. The predicted molar refractivity (Wildman–Crippen MR) is 487 cm³/mol. The molecule has 17 aromatic carbocycles. The number of thiophene rings is 1. The third-order valence-corrected chi connectivity index (χ3v) is 23.6. The van der Waals surface area contributed by atoms with E-state index in [1.165, 1.54) is 25.6 Å². The molecule has 0 fully saturated rings. The number of para-hydroxylation sites is 1. The fourth-order valence-corrected chi connectivity index (χ4v) is 17.9. The maximum absolute atomic E-state index is 5.60. The van der Waals surface area contributed by atoms with Crippen LogP contribution in [0, 0.1) is 0 Å². The summed E-state index contributed by atoms with van der Waals surface area (Å²) in [4.78, 5) is 33.4. The van der Waals surface area contributed by atoms with E-state index in [-0.39, 0.29) is 0 Å². The molecular formula is C109H71N7S. The summed E-state index contributed by atoms with van der Waals surface area (Å²) < 4.78 is 4.89. The lowest BCUT2D eigenvalue weighted by Crippen LogP contribution is -2.01. The highest BCUT2D eigenvalue weighted by atomic mass is 32.1. The molecule has 0 N–H and O–H groups in total. The zero-order valence-corrected chi connectivity index (χ0v) is 64.6. The first-order valence-corrected chi connectivity index (χ1v) is 40.3. The van der Waals surface area contributed by atoms with Crippen molar-refractivity contribution in [3.05, 3.63) is 413 Å². The van der Waals surface area contributed by atoms with Crippen molar-refractivity contribution in [3.8, 4) is 180 Å². The van der Waals surface area contributed by atoms with Crippen molar-refractivity contribution in [1.82, 2.24) is 34.5 Å². The van der Waals surface area contributed by atoms with Crippen molar-refractivity contribution in [3.63, 3.8) is 0 Å². The number of aromatic nitrogens is 7. The first kappa shape index (κ1) is 69.7. The van der Waals surface area contributed by atoms with E-state index in [9.17, 15) is 0 Å². The summed E-state index contributed by atoms with van der Waals surface area (Å²) in [5.74, 6) is 3.37. The van der Waals surface area contributed by atoms with Crippen LogP contribution in [0.2, 0.25) is 0 Å². The third-order valence-electron chi connectivity index (χ3n) is 22.4. The Morgan fingerprint density at radius 3 is 0.744 bits per heavy atom. The monoisotopic (exact) mass is 1510 g/mol. The zero-order chi connectivity index (χ0) is 77.7. The first-order valence-electron chi connectivity index (χ1n) is 39.5. The highest BCUT2D eigenvalue weighted by Gasteiger charge is 2.26. The lowest BCUT2D eigenvalue weighted by Gasteiger charge is -2.15. The Balaban J connectivity index is 0.747. The molecule has 0 bridgehead atoms. The number of benzene rings is 17. The van der Waals surface area contributed by atoms with Crippen LogP contribution in [0.15, 0.2) is 413 Å². The van der Waals surface area contributed by atoms with Gasteiger partial charge < -0.3 is 4.57 Å². The van der Waals surface area contributed by atoms with E-state index < -0.39 is 0 Å². The van der Waals surface area contributed by atoms with E-state index >= 15 is 0 Å². The molecule has 8 heteroatoms. The average molecular weight is 1510 g/mol. The van der Waals surface area contributed by atoms with Gasteiger partial charge in [0, 0.05) is 82.5 Å².